The number of aliphatic hydroxyl groups excluding tert-OH is 1. The quantitative estimate of drug-likeness (QED) is 0.371. The number of rotatable bonds is 7. The summed E-state index contributed by atoms with van der Waals surface area (Å²) in [6.45, 7) is 1.72. The van der Waals surface area contributed by atoms with Gasteiger partial charge in [-0.25, -0.2) is 14.4 Å². The smallest absolute Gasteiger partial charge is 0.225 e. The minimum atomic E-state index is -0.698. The third-order valence-corrected chi connectivity index (χ3v) is 6.46. The van der Waals surface area contributed by atoms with Crippen LogP contribution >= 0.6 is 11.6 Å². The molecule has 2 unspecified atom stereocenters. The molecule has 0 amide bonds. The van der Waals surface area contributed by atoms with Crippen LogP contribution in [0, 0.1) is 5.82 Å². The fourth-order valence-electron chi connectivity index (χ4n) is 4.37. The second kappa shape index (κ2) is 9.63. The highest BCUT2D eigenvalue weighted by Gasteiger charge is 2.31. The molecule has 1 saturated heterocycles. The van der Waals surface area contributed by atoms with Crippen LogP contribution in [0.4, 0.5) is 10.3 Å². The van der Waals surface area contributed by atoms with Crippen molar-refractivity contribution >= 4 is 28.7 Å². The van der Waals surface area contributed by atoms with Crippen LogP contribution in [0.2, 0.25) is 5.02 Å². The topological polar surface area (TPSA) is 105 Å². The van der Waals surface area contributed by atoms with Crippen molar-refractivity contribution in [2.75, 3.05) is 25.0 Å². The molecule has 8 nitrogen and oxygen atoms in total. The zero-order valence-electron chi connectivity index (χ0n) is 18.4. The number of benzene rings is 2. The van der Waals surface area contributed by atoms with Gasteiger partial charge in [-0.15, -0.1) is 0 Å². The number of anilines is 1. The summed E-state index contributed by atoms with van der Waals surface area (Å²) in [5, 5.41) is 13.9. The molecule has 10 heteroatoms. The van der Waals surface area contributed by atoms with E-state index in [1.807, 2.05) is 29.2 Å². The van der Waals surface area contributed by atoms with Gasteiger partial charge in [0.05, 0.1) is 17.3 Å². The molecule has 176 valence electrons. The Hall–Kier alpha value is -3.11. The van der Waals surface area contributed by atoms with Crippen LogP contribution in [-0.2, 0) is 6.54 Å². The van der Waals surface area contributed by atoms with E-state index in [-0.39, 0.29) is 24.9 Å². The number of aromatic nitrogens is 4. The van der Waals surface area contributed by atoms with Gasteiger partial charge in [-0.1, -0.05) is 41.9 Å². The second-order valence-electron chi connectivity index (χ2n) is 8.29. The van der Waals surface area contributed by atoms with E-state index >= 15 is 0 Å². The maximum Gasteiger partial charge on any atom is 0.225 e. The lowest BCUT2D eigenvalue weighted by molar-refractivity contribution is 0.0261. The molecule has 1 aliphatic heterocycles. The van der Waals surface area contributed by atoms with Crippen LogP contribution in [0.1, 0.15) is 18.0 Å². The van der Waals surface area contributed by atoms with Gasteiger partial charge in [-0.3, -0.25) is 4.90 Å². The number of imidazole rings is 1. The zero-order valence-corrected chi connectivity index (χ0v) is 19.2. The molecule has 1 fully saturated rings. The van der Waals surface area contributed by atoms with Gasteiger partial charge in [-0.2, -0.15) is 4.98 Å². The molecule has 0 radical (unpaired) electrons. The number of nitrogens with two attached hydrogens (primary N) is 1. The van der Waals surface area contributed by atoms with Gasteiger partial charge in [0, 0.05) is 37.3 Å². The van der Waals surface area contributed by atoms with Crippen molar-refractivity contribution < 1.29 is 9.50 Å². The van der Waals surface area contributed by atoms with Gasteiger partial charge >= 0.3 is 0 Å². The number of aliphatic hydroxyl groups is 1. The molecule has 3 heterocycles. The number of nitrogens with one attached hydrogen (secondary N) is 1. The molecule has 4 aromatic rings. The van der Waals surface area contributed by atoms with Gasteiger partial charge in [0.15, 0.2) is 5.65 Å². The van der Waals surface area contributed by atoms with Gasteiger partial charge in [0.25, 0.3) is 0 Å². The minimum Gasteiger partial charge on any atom is -0.377 e. The Bertz CT molecular complexity index is 1310. The Morgan fingerprint density at radius 2 is 1.97 bits per heavy atom. The van der Waals surface area contributed by atoms with Gasteiger partial charge in [-0.05, 0) is 24.6 Å². The van der Waals surface area contributed by atoms with Crippen LogP contribution in [0.25, 0.3) is 22.6 Å². The molecular weight excluding hydrogens is 457 g/mol. The molecule has 5 rings (SSSR count). The third kappa shape index (κ3) is 4.35. The number of halogens is 2. The summed E-state index contributed by atoms with van der Waals surface area (Å²) in [7, 11) is 0. The van der Waals surface area contributed by atoms with Gasteiger partial charge in [0.1, 0.15) is 23.4 Å². The van der Waals surface area contributed by atoms with E-state index in [0.717, 1.165) is 12.0 Å². The minimum absolute atomic E-state index is 0.00629. The van der Waals surface area contributed by atoms with Crippen LogP contribution in [0.3, 0.4) is 0 Å². The van der Waals surface area contributed by atoms with Crippen LogP contribution in [0.5, 0.6) is 0 Å². The number of hydrogen-bond acceptors (Lipinski definition) is 7. The largest absolute Gasteiger partial charge is 0.377 e. The summed E-state index contributed by atoms with van der Waals surface area (Å²) in [6.07, 6.45) is 1.75. The Morgan fingerprint density at radius 3 is 2.76 bits per heavy atom. The van der Waals surface area contributed by atoms with Crippen LogP contribution in [0.15, 0.2) is 54.7 Å². The normalized spacial score (nSPS) is 17.4. The molecule has 2 aromatic carbocycles. The fourth-order valence-corrected chi connectivity index (χ4v) is 4.59. The van der Waals surface area contributed by atoms with Crippen molar-refractivity contribution in [2.24, 2.45) is 5.73 Å². The monoisotopic (exact) mass is 481 g/mol. The van der Waals surface area contributed by atoms with Crippen molar-refractivity contribution in [3.8, 4) is 11.4 Å². The number of nitrogens with zero attached hydrogens (tertiary/aromatic N) is 5. The maximum absolute atomic E-state index is 14.0. The standard InChI is InChI=1S/C24H25ClFN7O/c25-18-7-3-2-6-17(18)22-30-20-13-29-24(28-12-15-5-1-4-8-19(15)26)31-23(20)33(22)16-9-10-32(14-16)21(34)11-27/h1-8,13,16,21,34H,9-12,14,27H2,(H,28,29,31). The fraction of sp³-hybridized carbons (Fsp3) is 0.292. The molecule has 2 aromatic heterocycles. The second-order valence-corrected chi connectivity index (χ2v) is 8.69. The zero-order chi connectivity index (χ0) is 23.7. The van der Waals surface area contributed by atoms with E-state index in [2.05, 4.69) is 14.9 Å². The number of hydrogen-bond donors (Lipinski definition) is 3. The lowest BCUT2D eigenvalue weighted by Crippen LogP contribution is -2.39. The van der Waals surface area contributed by atoms with E-state index < -0.39 is 6.23 Å². The molecule has 0 bridgehead atoms. The predicted molar refractivity (Wildman–Crippen MR) is 130 cm³/mol. The van der Waals surface area contributed by atoms with E-state index in [0.29, 0.717) is 46.6 Å². The van der Waals surface area contributed by atoms with Gasteiger partial charge < -0.3 is 20.7 Å². The van der Waals surface area contributed by atoms with Crippen LogP contribution in [-0.4, -0.2) is 55.4 Å². The van der Waals surface area contributed by atoms with E-state index in [1.165, 1.54) is 6.07 Å². The van der Waals surface area contributed by atoms with Gasteiger partial charge in [0.2, 0.25) is 5.95 Å². The number of likely N-dealkylation sites (tertiary alicyclic amines) is 1. The molecule has 1 aliphatic rings. The van der Waals surface area contributed by atoms with Crippen molar-refractivity contribution in [3.63, 3.8) is 0 Å². The highest BCUT2D eigenvalue weighted by atomic mass is 35.5. The molecular formula is C24H25ClFN7O. The molecule has 4 N–H and O–H groups in total. The number of fused-ring (bicyclic) bond motifs is 1. The first kappa shape index (κ1) is 22.7. The summed E-state index contributed by atoms with van der Waals surface area (Å²) >= 11 is 6.53. The maximum atomic E-state index is 14.0. The summed E-state index contributed by atoms with van der Waals surface area (Å²) in [5.41, 5.74) is 8.27. The average Bonchev–Trinajstić information content (AvgIpc) is 3.48. The summed E-state index contributed by atoms with van der Waals surface area (Å²) in [4.78, 5) is 15.9. The SMILES string of the molecule is NCC(O)N1CCC(n2c(-c3ccccc3Cl)nc3cnc(NCc4ccccc4F)nc32)C1. The lowest BCUT2D eigenvalue weighted by atomic mass is 10.2. The van der Waals surface area contributed by atoms with Crippen molar-refractivity contribution in [1.82, 2.24) is 24.4 Å². The molecule has 0 aliphatic carbocycles. The summed E-state index contributed by atoms with van der Waals surface area (Å²) in [5.74, 6) is 0.779. The molecule has 0 spiro atoms. The first-order valence-corrected chi connectivity index (χ1v) is 11.5. The Labute approximate surface area is 201 Å². The first-order chi connectivity index (χ1) is 16.5. The third-order valence-electron chi connectivity index (χ3n) is 6.13. The Kier molecular flexibility index (Phi) is 6.42. The predicted octanol–water partition coefficient (Wildman–Crippen LogP) is 3.42. The van der Waals surface area contributed by atoms with E-state index in [1.54, 1.807) is 24.4 Å². The Morgan fingerprint density at radius 1 is 1.18 bits per heavy atom. The van der Waals surface area contributed by atoms with Crippen LogP contribution < -0.4 is 11.1 Å². The van der Waals surface area contributed by atoms with Crippen molar-refractivity contribution in [3.05, 3.63) is 71.1 Å². The Balaban J connectivity index is 1.54. The molecule has 0 saturated carbocycles. The molecule has 34 heavy (non-hydrogen) atoms. The average molecular weight is 482 g/mol. The summed E-state index contributed by atoms with van der Waals surface area (Å²) < 4.78 is 16.1. The van der Waals surface area contributed by atoms with E-state index in [4.69, 9.17) is 27.3 Å². The molecule has 2 atom stereocenters. The van der Waals surface area contributed by atoms with Crippen molar-refractivity contribution in [2.45, 2.75) is 25.2 Å². The highest BCUT2D eigenvalue weighted by Crippen LogP contribution is 2.35. The summed E-state index contributed by atoms with van der Waals surface area (Å²) in [6, 6.07) is 14.1. The first-order valence-electron chi connectivity index (χ1n) is 11.1. The van der Waals surface area contributed by atoms with Crippen molar-refractivity contribution in [1.29, 1.82) is 0 Å². The van der Waals surface area contributed by atoms with E-state index in [9.17, 15) is 9.50 Å². The lowest BCUT2D eigenvalue weighted by Gasteiger charge is -2.22. The highest BCUT2D eigenvalue weighted by molar-refractivity contribution is 6.33.